The Morgan fingerprint density at radius 2 is 2.04 bits per heavy atom. The molecule has 2 N–H and O–H groups in total. The summed E-state index contributed by atoms with van der Waals surface area (Å²) in [5.41, 5.74) is 1.09. The Morgan fingerprint density at radius 1 is 1.35 bits per heavy atom. The number of nitrogens with zero attached hydrogens (tertiary/aromatic N) is 2. The summed E-state index contributed by atoms with van der Waals surface area (Å²) in [4.78, 5) is 24.8. The van der Waals surface area contributed by atoms with Crippen LogP contribution in [0.15, 0.2) is 30.3 Å². The Labute approximate surface area is 154 Å². The predicted molar refractivity (Wildman–Crippen MR) is 100 cm³/mol. The number of nitrogens with one attached hydrogen (secondary N) is 2. The predicted octanol–water partition coefficient (Wildman–Crippen LogP) is 3.95. The fraction of sp³-hybridized carbons (Fsp3) is 0.235. The maximum absolute atomic E-state index is 13.4. The molecule has 0 saturated heterocycles. The highest BCUT2D eigenvalue weighted by molar-refractivity contribution is 6.31. The van der Waals surface area contributed by atoms with Gasteiger partial charge in [0.25, 0.3) is 11.6 Å². The zero-order valence-corrected chi connectivity index (χ0v) is 15.2. The number of carbonyl (C=O) groups is 1. The number of hydrogen-bond donors (Lipinski definition) is 2. The zero-order valence-electron chi connectivity index (χ0n) is 14.5. The summed E-state index contributed by atoms with van der Waals surface area (Å²) < 4.78 is 13.4. The molecule has 1 amide bonds. The van der Waals surface area contributed by atoms with Crippen LogP contribution >= 0.6 is 11.6 Å². The number of hydrogen-bond acceptors (Lipinski definition) is 5. The zero-order chi connectivity index (χ0) is 19.4. The monoisotopic (exact) mass is 380 g/mol. The molecule has 0 bridgehead atoms. The van der Waals surface area contributed by atoms with Crippen molar-refractivity contribution in [1.82, 2.24) is 5.32 Å². The summed E-state index contributed by atoms with van der Waals surface area (Å²) in [6, 6.07) is 6.85. The number of nitro groups is 1. The lowest BCUT2D eigenvalue weighted by atomic mass is 10.1. The van der Waals surface area contributed by atoms with Gasteiger partial charge in [-0.3, -0.25) is 14.9 Å². The lowest BCUT2D eigenvalue weighted by Crippen LogP contribution is -2.25. The van der Waals surface area contributed by atoms with E-state index in [4.69, 9.17) is 11.6 Å². The van der Waals surface area contributed by atoms with Crippen LogP contribution in [-0.2, 0) is 0 Å². The molecule has 26 heavy (non-hydrogen) atoms. The molecule has 0 aliphatic rings. The molecule has 2 aromatic carbocycles. The molecule has 2 aromatic rings. The smallest absolute Gasteiger partial charge is 0.293 e. The van der Waals surface area contributed by atoms with Gasteiger partial charge in [0.05, 0.1) is 21.2 Å². The van der Waals surface area contributed by atoms with Gasteiger partial charge in [-0.15, -0.1) is 0 Å². The Hall–Kier alpha value is -2.87. The highest BCUT2D eigenvalue weighted by Crippen LogP contribution is 2.36. The summed E-state index contributed by atoms with van der Waals surface area (Å²) >= 11 is 5.84. The van der Waals surface area contributed by atoms with E-state index in [2.05, 4.69) is 10.6 Å². The van der Waals surface area contributed by atoms with E-state index in [1.165, 1.54) is 30.3 Å². The quantitative estimate of drug-likeness (QED) is 0.585. The lowest BCUT2D eigenvalue weighted by molar-refractivity contribution is -0.383. The molecule has 138 valence electrons. The number of carbonyl (C=O) groups excluding carboxylic acids is 1. The maximum atomic E-state index is 13.4. The second-order valence-electron chi connectivity index (χ2n) is 5.41. The van der Waals surface area contributed by atoms with Gasteiger partial charge in [0, 0.05) is 32.4 Å². The molecule has 0 aromatic heterocycles. The van der Waals surface area contributed by atoms with Gasteiger partial charge in [-0.2, -0.15) is 0 Å². The summed E-state index contributed by atoms with van der Waals surface area (Å²) in [6.07, 6.45) is 0. The van der Waals surface area contributed by atoms with Gasteiger partial charge in [0.2, 0.25) is 0 Å². The van der Waals surface area contributed by atoms with E-state index < -0.39 is 16.6 Å². The van der Waals surface area contributed by atoms with Gasteiger partial charge < -0.3 is 15.5 Å². The molecule has 0 aliphatic carbocycles. The van der Waals surface area contributed by atoms with Crippen LogP contribution in [0.5, 0.6) is 0 Å². The third kappa shape index (κ3) is 3.85. The highest BCUT2D eigenvalue weighted by atomic mass is 35.5. The topological polar surface area (TPSA) is 87.5 Å². The van der Waals surface area contributed by atoms with Gasteiger partial charge >= 0.3 is 0 Å². The van der Waals surface area contributed by atoms with E-state index in [9.17, 15) is 19.3 Å². The fourth-order valence-corrected chi connectivity index (χ4v) is 2.65. The van der Waals surface area contributed by atoms with Crippen LogP contribution in [0.25, 0.3) is 0 Å². The average Bonchev–Trinajstić information content (AvgIpc) is 2.62. The van der Waals surface area contributed by atoms with Crippen molar-refractivity contribution >= 4 is 40.3 Å². The molecule has 0 radical (unpaired) electrons. The Bertz CT molecular complexity index is 860. The van der Waals surface area contributed by atoms with Gasteiger partial charge in [0.15, 0.2) is 0 Å². The van der Waals surface area contributed by atoms with Crippen molar-refractivity contribution in [3.8, 4) is 0 Å². The van der Waals surface area contributed by atoms with Crippen molar-refractivity contribution in [2.45, 2.75) is 6.92 Å². The lowest BCUT2D eigenvalue weighted by Gasteiger charge is -2.23. The maximum Gasteiger partial charge on any atom is 0.293 e. The Kier molecular flexibility index (Phi) is 5.99. The molecule has 0 spiro atoms. The van der Waals surface area contributed by atoms with Gasteiger partial charge in [-0.05, 0) is 31.2 Å². The van der Waals surface area contributed by atoms with Crippen LogP contribution in [-0.4, -0.2) is 31.5 Å². The molecule has 2 rings (SSSR count). The van der Waals surface area contributed by atoms with E-state index >= 15 is 0 Å². The van der Waals surface area contributed by atoms with E-state index in [1.807, 2.05) is 0 Å². The third-order valence-electron chi connectivity index (χ3n) is 3.81. The van der Waals surface area contributed by atoms with Gasteiger partial charge in [-0.25, -0.2) is 4.39 Å². The standard InChI is InChI=1S/C17H18ClFN4O3/c1-4-21-17(24)11-8-16(23(25)26)14(20-2)9-15(11)22(3)10-5-6-13(19)12(18)7-10/h5-9,20H,4H2,1-3H3,(H,21,24). The summed E-state index contributed by atoms with van der Waals surface area (Å²) in [7, 11) is 3.21. The fourth-order valence-electron chi connectivity index (χ4n) is 2.48. The molecule has 0 saturated carbocycles. The van der Waals surface area contributed by atoms with Crippen LogP contribution in [0, 0.1) is 15.9 Å². The number of benzene rings is 2. The van der Waals surface area contributed by atoms with Gasteiger partial charge in [0.1, 0.15) is 11.5 Å². The largest absolute Gasteiger partial charge is 0.383 e. The van der Waals surface area contributed by atoms with Crippen molar-refractivity contribution in [3.05, 3.63) is 56.8 Å². The minimum atomic E-state index is -0.563. The second kappa shape index (κ2) is 8.01. The number of anilines is 3. The van der Waals surface area contributed by atoms with Crippen LogP contribution in [0.3, 0.4) is 0 Å². The van der Waals surface area contributed by atoms with E-state index in [0.717, 1.165) is 0 Å². The van der Waals surface area contributed by atoms with Crippen LogP contribution in [0.4, 0.5) is 27.1 Å². The first kappa shape index (κ1) is 19.5. The average molecular weight is 381 g/mol. The first-order valence-electron chi connectivity index (χ1n) is 7.77. The minimum absolute atomic E-state index is 0.0651. The summed E-state index contributed by atoms with van der Waals surface area (Å²) in [5, 5.41) is 16.6. The molecule has 0 unspecified atom stereocenters. The molecular weight excluding hydrogens is 363 g/mol. The van der Waals surface area contributed by atoms with Gasteiger partial charge in [-0.1, -0.05) is 11.6 Å². The number of nitro benzene ring substituents is 1. The van der Waals surface area contributed by atoms with Crippen LogP contribution in [0.2, 0.25) is 5.02 Å². The first-order valence-corrected chi connectivity index (χ1v) is 8.15. The van der Waals surface area contributed by atoms with Crippen molar-refractivity contribution in [1.29, 1.82) is 0 Å². The normalized spacial score (nSPS) is 10.3. The van der Waals surface area contributed by atoms with Crippen molar-refractivity contribution < 1.29 is 14.1 Å². The number of rotatable bonds is 6. The molecule has 0 fully saturated rings. The van der Waals surface area contributed by atoms with Crippen molar-refractivity contribution in [2.75, 3.05) is 30.9 Å². The SMILES string of the molecule is CCNC(=O)c1cc([N+](=O)[O-])c(NC)cc1N(C)c1ccc(F)c(Cl)c1. The van der Waals surface area contributed by atoms with E-state index in [1.54, 1.807) is 25.9 Å². The summed E-state index contributed by atoms with van der Waals surface area (Å²) in [6.45, 7) is 2.11. The summed E-state index contributed by atoms with van der Waals surface area (Å²) in [5.74, 6) is -1.01. The van der Waals surface area contributed by atoms with E-state index in [-0.39, 0.29) is 22.0 Å². The molecule has 0 atom stereocenters. The number of halogens is 2. The molecular formula is C17H18ClFN4O3. The molecule has 7 nitrogen and oxygen atoms in total. The van der Waals surface area contributed by atoms with Crippen LogP contribution in [0.1, 0.15) is 17.3 Å². The van der Waals surface area contributed by atoms with Crippen LogP contribution < -0.4 is 15.5 Å². The molecule has 0 aliphatic heterocycles. The first-order chi connectivity index (χ1) is 12.3. The van der Waals surface area contributed by atoms with E-state index in [0.29, 0.717) is 17.9 Å². The second-order valence-corrected chi connectivity index (χ2v) is 5.82. The Morgan fingerprint density at radius 3 is 2.58 bits per heavy atom. The van der Waals surface area contributed by atoms with Crippen molar-refractivity contribution in [2.24, 2.45) is 0 Å². The van der Waals surface area contributed by atoms with Crippen molar-refractivity contribution in [3.63, 3.8) is 0 Å². The molecule has 9 heteroatoms. The Balaban J connectivity index is 2.65. The molecule has 0 heterocycles. The number of amides is 1. The minimum Gasteiger partial charge on any atom is -0.383 e. The third-order valence-corrected chi connectivity index (χ3v) is 4.10. The highest BCUT2D eigenvalue weighted by Gasteiger charge is 2.23.